The zero-order chi connectivity index (χ0) is 21.3. The Morgan fingerprint density at radius 2 is 2.00 bits per heavy atom. The van der Waals surface area contributed by atoms with E-state index in [1.807, 2.05) is 36.1 Å². The largest absolute Gasteiger partial charge is 0.338 e. The summed E-state index contributed by atoms with van der Waals surface area (Å²) in [6.07, 6.45) is 1.55. The highest BCUT2D eigenvalue weighted by Crippen LogP contribution is 2.31. The fourth-order valence-corrected chi connectivity index (χ4v) is 4.85. The van der Waals surface area contributed by atoms with Crippen LogP contribution >= 0.6 is 11.3 Å². The number of aryl methyl sites for hydroxylation is 3. The third-order valence-corrected chi connectivity index (χ3v) is 6.53. The van der Waals surface area contributed by atoms with Gasteiger partial charge in [-0.15, -0.1) is 11.3 Å². The van der Waals surface area contributed by atoms with Gasteiger partial charge in [0.2, 0.25) is 5.91 Å². The second kappa shape index (κ2) is 8.40. The standard InChI is InChI=1S/C24H25N3O2S/c1-15-9-10-20(16(2)12-15)24-25-17(3)22(30-24)23(29)26-19-7-4-6-18(13-19)14-27-11-5-8-21(27)28/h4,6-7,9-10,12-13H,5,8,11,14H2,1-3H3,(H,26,29). The Bertz CT molecular complexity index is 1120. The zero-order valence-electron chi connectivity index (χ0n) is 17.5. The van der Waals surface area contributed by atoms with E-state index in [2.05, 4.69) is 42.3 Å². The minimum Gasteiger partial charge on any atom is -0.338 e. The van der Waals surface area contributed by atoms with Crippen molar-refractivity contribution < 1.29 is 9.59 Å². The highest BCUT2D eigenvalue weighted by atomic mass is 32.1. The van der Waals surface area contributed by atoms with Crippen LogP contribution in [0.25, 0.3) is 10.6 Å². The quantitative estimate of drug-likeness (QED) is 0.625. The third kappa shape index (κ3) is 4.28. The van der Waals surface area contributed by atoms with Crippen LogP contribution in [0.3, 0.4) is 0 Å². The molecule has 2 amide bonds. The summed E-state index contributed by atoms with van der Waals surface area (Å²) < 4.78 is 0. The molecule has 0 atom stereocenters. The monoisotopic (exact) mass is 419 g/mol. The van der Waals surface area contributed by atoms with Crippen molar-refractivity contribution in [2.75, 3.05) is 11.9 Å². The number of rotatable bonds is 5. The lowest BCUT2D eigenvalue weighted by Crippen LogP contribution is -2.23. The van der Waals surface area contributed by atoms with E-state index in [1.54, 1.807) is 0 Å². The minimum absolute atomic E-state index is 0.157. The van der Waals surface area contributed by atoms with E-state index in [9.17, 15) is 9.59 Å². The molecule has 5 nitrogen and oxygen atoms in total. The predicted molar refractivity (Wildman–Crippen MR) is 121 cm³/mol. The number of nitrogens with one attached hydrogen (secondary N) is 1. The van der Waals surface area contributed by atoms with E-state index in [-0.39, 0.29) is 11.8 Å². The third-order valence-electron chi connectivity index (χ3n) is 5.34. The number of amides is 2. The maximum Gasteiger partial charge on any atom is 0.267 e. The Balaban J connectivity index is 1.51. The number of thiazole rings is 1. The van der Waals surface area contributed by atoms with Crippen molar-refractivity contribution in [2.24, 2.45) is 0 Å². The minimum atomic E-state index is -0.157. The highest BCUT2D eigenvalue weighted by molar-refractivity contribution is 7.17. The summed E-state index contributed by atoms with van der Waals surface area (Å²) in [4.78, 5) is 31.9. The summed E-state index contributed by atoms with van der Waals surface area (Å²) in [5, 5.41) is 3.85. The van der Waals surface area contributed by atoms with Gasteiger partial charge in [0.1, 0.15) is 9.88 Å². The number of carbonyl (C=O) groups is 2. The van der Waals surface area contributed by atoms with Gasteiger partial charge in [-0.05, 0) is 50.5 Å². The normalized spacial score (nSPS) is 13.7. The van der Waals surface area contributed by atoms with Gasteiger partial charge in [0.05, 0.1) is 5.69 Å². The number of benzene rings is 2. The summed E-state index contributed by atoms with van der Waals surface area (Å²) in [6.45, 7) is 7.38. The fourth-order valence-electron chi connectivity index (χ4n) is 3.80. The molecule has 1 aliphatic heterocycles. The molecule has 2 aromatic carbocycles. The molecule has 0 unspecified atom stereocenters. The Hall–Kier alpha value is -2.99. The van der Waals surface area contributed by atoms with Crippen LogP contribution in [-0.4, -0.2) is 28.2 Å². The van der Waals surface area contributed by atoms with Gasteiger partial charge in [0.15, 0.2) is 0 Å². The van der Waals surface area contributed by atoms with Crippen LogP contribution in [0.2, 0.25) is 0 Å². The molecule has 3 aromatic rings. The van der Waals surface area contributed by atoms with Crippen molar-refractivity contribution in [2.45, 2.75) is 40.2 Å². The summed E-state index contributed by atoms with van der Waals surface area (Å²) in [5.41, 5.74) is 5.89. The first-order chi connectivity index (χ1) is 14.4. The molecule has 154 valence electrons. The summed E-state index contributed by atoms with van der Waals surface area (Å²) in [6, 6.07) is 14.0. The molecule has 0 radical (unpaired) electrons. The SMILES string of the molecule is Cc1ccc(-c2nc(C)c(C(=O)Nc3cccc(CN4CCCC4=O)c3)s2)c(C)c1. The number of carbonyl (C=O) groups excluding carboxylic acids is 2. The fraction of sp³-hybridized carbons (Fsp3) is 0.292. The van der Waals surface area contributed by atoms with Crippen molar-refractivity contribution in [1.29, 1.82) is 0 Å². The number of anilines is 1. The van der Waals surface area contributed by atoms with E-state index < -0.39 is 0 Å². The van der Waals surface area contributed by atoms with Crippen LogP contribution in [0.5, 0.6) is 0 Å². The van der Waals surface area contributed by atoms with Crippen LogP contribution in [-0.2, 0) is 11.3 Å². The van der Waals surface area contributed by atoms with E-state index in [1.165, 1.54) is 16.9 Å². The van der Waals surface area contributed by atoms with Crippen molar-refractivity contribution in [3.8, 4) is 10.6 Å². The Morgan fingerprint density at radius 3 is 2.73 bits per heavy atom. The second-order valence-corrected chi connectivity index (χ2v) is 8.82. The predicted octanol–water partition coefficient (Wildman–Crippen LogP) is 5.11. The van der Waals surface area contributed by atoms with Crippen molar-refractivity contribution in [3.63, 3.8) is 0 Å². The average Bonchev–Trinajstić information content (AvgIpc) is 3.28. The summed E-state index contributed by atoms with van der Waals surface area (Å²) in [7, 11) is 0. The lowest BCUT2D eigenvalue weighted by Gasteiger charge is -2.16. The zero-order valence-corrected chi connectivity index (χ0v) is 18.3. The Labute approximate surface area is 180 Å². The van der Waals surface area contributed by atoms with Crippen molar-refractivity contribution in [3.05, 3.63) is 69.7 Å². The molecule has 2 heterocycles. The highest BCUT2D eigenvalue weighted by Gasteiger charge is 2.21. The number of hydrogen-bond acceptors (Lipinski definition) is 4. The number of nitrogens with zero attached hydrogens (tertiary/aromatic N) is 2. The van der Waals surface area contributed by atoms with Crippen LogP contribution < -0.4 is 5.32 Å². The smallest absolute Gasteiger partial charge is 0.267 e. The van der Waals surface area contributed by atoms with Gasteiger partial charge < -0.3 is 10.2 Å². The van der Waals surface area contributed by atoms with Gasteiger partial charge in [-0.1, -0.05) is 35.9 Å². The van der Waals surface area contributed by atoms with Gasteiger partial charge >= 0.3 is 0 Å². The van der Waals surface area contributed by atoms with Gasteiger partial charge in [-0.2, -0.15) is 0 Å². The Kier molecular flexibility index (Phi) is 5.68. The molecule has 1 aliphatic rings. The molecule has 30 heavy (non-hydrogen) atoms. The molecule has 1 N–H and O–H groups in total. The lowest BCUT2D eigenvalue weighted by molar-refractivity contribution is -0.128. The van der Waals surface area contributed by atoms with E-state index >= 15 is 0 Å². The first kappa shape index (κ1) is 20.3. The van der Waals surface area contributed by atoms with Crippen molar-refractivity contribution >= 4 is 28.8 Å². The topological polar surface area (TPSA) is 62.3 Å². The number of aromatic nitrogens is 1. The molecular weight excluding hydrogens is 394 g/mol. The molecule has 6 heteroatoms. The molecule has 0 saturated carbocycles. The maximum absolute atomic E-state index is 12.9. The van der Waals surface area contributed by atoms with Gasteiger partial charge in [-0.25, -0.2) is 4.98 Å². The van der Waals surface area contributed by atoms with E-state index in [4.69, 9.17) is 0 Å². The van der Waals surface area contributed by atoms with Gasteiger partial charge in [0, 0.05) is 30.8 Å². The first-order valence-corrected chi connectivity index (χ1v) is 11.0. The molecule has 4 rings (SSSR count). The second-order valence-electron chi connectivity index (χ2n) is 7.83. The molecule has 0 spiro atoms. The van der Waals surface area contributed by atoms with Crippen molar-refractivity contribution in [1.82, 2.24) is 9.88 Å². The molecule has 1 saturated heterocycles. The van der Waals surface area contributed by atoms with Crippen LogP contribution in [0.1, 0.15) is 44.9 Å². The Morgan fingerprint density at radius 1 is 1.17 bits per heavy atom. The molecule has 0 aliphatic carbocycles. The molecule has 1 aromatic heterocycles. The van der Waals surface area contributed by atoms with E-state index in [0.717, 1.165) is 46.0 Å². The van der Waals surface area contributed by atoms with E-state index in [0.29, 0.717) is 17.8 Å². The first-order valence-electron chi connectivity index (χ1n) is 10.1. The van der Waals surface area contributed by atoms with Crippen LogP contribution in [0, 0.1) is 20.8 Å². The number of likely N-dealkylation sites (tertiary alicyclic amines) is 1. The van der Waals surface area contributed by atoms with Crippen LogP contribution in [0.4, 0.5) is 5.69 Å². The van der Waals surface area contributed by atoms with Gasteiger partial charge in [0.25, 0.3) is 5.91 Å². The summed E-state index contributed by atoms with van der Waals surface area (Å²) in [5.74, 6) is 0.0408. The molecular formula is C24H25N3O2S. The maximum atomic E-state index is 12.9. The lowest BCUT2D eigenvalue weighted by atomic mass is 10.1. The summed E-state index contributed by atoms with van der Waals surface area (Å²) >= 11 is 1.41. The van der Waals surface area contributed by atoms with Gasteiger partial charge in [-0.3, -0.25) is 9.59 Å². The average molecular weight is 420 g/mol. The molecule has 0 bridgehead atoms. The number of hydrogen-bond donors (Lipinski definition) is 1. The van der Waals surface area contributed by atoms with Crippen LogP contribution in [0.15, 0.2) is 42.5 Å². The molecule has 1 fully saturated rings.